The van der Waals surface area contributed by atoms with Crippen molar-refractivity contribution in [3.63, 3.8) is 0 Å². The second-order valence-electron chi connectivity index (χ2n) is 11.4. The van der Waals surface area contributed by atoms with Crippen molar-refractivity contribution in [1.29, 1.82) is 0 Å². The number of hydrogen-bond donors (Lipinski definition) is 0. The predicted octanol–water partition coefficient (Wildman–Crippen LogP) is 11.2. The number of benzene rings is 8. The largest absolute Gasteiger partial charge is 0.244 e. The molecule has 9 aromatic rings. The summed E-state index contributed by atoms with van der Waals surface area (Å²) in [7, 11) is 0. The topological polar surface area (TPSA) is 25.8 Å². The van der Waals surface area contributed by atoms with Crippen molar-refractivity contribution in [1.82, 2.24) is 9.97 Å². The molecule has 1 heterocycles. The van der Waals surface area contributed by atoms with Crippen LogP contribution >= 0.6 is 0 Å². The third kappa shape index (κ3) is 3.89. The second-order valence-corrected chi connectivity index (χ2v) is 11.4. The molecule has 0 amide bonds. The molecule has 0 unspecified atom stereocenters. The van der Waals surface area contributed by atoms with Gasteiger partial charge in [-0.2, -0.15) is 0 Å². The molecule has 0 saturated carbocycles. The fraction of sp³-hybridized carbons (Fsp3) is 0. The highest BCUT2D eigenvalue weighted by Crippen LogP contribution is 2.42. The van der Waals surface area contributed by atoms with Gasteiger partial charge in [-0.3, -0.25) is 0 Å². The lowest BCUT2D eigenvalue weighted by molar-refractivity contribution is 1.30. The molecule has 0 fully saturated rings. The average Bonchev–Trinajstić information content (AvgIpc) is 3.10. The molecule has 0 spiro atoms. The minimum Gasteiger partial charge on any atom is -0.244 e. The Kier molecular flexibility index (Phi) is 5.54. The molecule has 1 aromatic heterocycles. The lowest BCUT2D eigenvalue weighted by Crippen LogP contribution is -1.97. The van der Waals surface area contributed by atoms with Crippen LogP contribution in [0.5, 0.6) is 0 Å². The number of hydrogen-bond acceptors (Lipinski definition) is 2. The Labute approximate surface area is 254 Å². The Bertz CT molecular complexity index is 2550. The van der Waals surface area contributed by atoms with Crippen molar-refractivity contribution < 1.29 is 0 Å². The molecule has 0 N–H and O–H groups in total. The van der Waals surface area contributed by atoms with Crippen molar-refractivity contribution in [2.24, 2.45) is 0 Å². The molecule has 9 rings (SSSR count). The zero-order chi connectivity index (χ0) is 29.0. The highest BCUT2D eigenvalue weighted by Gasteiger charge is 2.18. The summed E-state index contributed by atoms with van der Waals surface area (Å²) in [4.78, 5) is 10.6. The van der Waals surface area contributed by atoms with Crippen LogP contribution < -0.4 is 0 Å². The van der Waals surface area contributed by atoms with E-state index in [4.69, 9.17) is 9.97 Å². The highest BCUT2D eigenvalue weighted by molar-refractivity contribution is 6.27. The summed E-state index contributed by atoms with van der Waals surface area (Å²) in [5.74, 6) is 0. The van der Waals surface area contributed by atoms with Gasteiger partial charge >= 0.3 is 0 Å². The monoisotopic (exact) mass is 558 g/mol. The highest BCUT2D eigenvalue weighted by atomic mass is 14.8. The van der Waals surface area contributed by atoms with Crippen LogP contribution in [0.4, 0.5) is 0 Å². The zero-order valence-corrected chi connectivity index (χ0v) is 23.9. The van der Waals surface area contributed by atoms with E-state index in [1.165, 1.54) is 48.7 Å². The molecular weight excluding hydrogens is 532 g/mol. The molecule has 8 aromatic carbocycles. The second kappa shape index (κ2) is 9.86. The van der Waals surface area contributed by atoms with Gasteiger partial charge < -0.3 is 0 Å². The van der Waals surface area contributed by atoms with Crippen molar-refractivity contribution >= 4 is 54.1 Å². The molecular formula is C42H26N2. The number of nitrogens with zero attached hydrogens (tertiary/aromatic N) is 2. The van der Waals surface area contributed by atoms with Gasteiger partial charge in [0.15, 0.2) is 0 Å². The van der Waals surface area contributed by atoms with Gasteiger partial charge in [0.2, 0.25) is 0 Å². The first kappa shape index (κ1) is 24.7. The van der Waals surface area contributed by atoms with Crippen molar-refractivity contribution in [3.8, 4) is 33.6 Å². The molecule has 0 bridgehead atoms. The summed E-state index contributed by atoms with van der Waals surface area (Å²) in [6.45, 7) is 0. The molecule has 44 heavy (non-hydrogen) atoms. The van der Waals surface area contributed by atoms with Gasteiger partial charge in [-0.25, -0.2) is 9.97 Å². The van der Waals surface area contributed by atoms with E-state index in [0.717, 1.165) is 39.1 Å². The first-order chi connectivity index (χ1) is 21.8. The molecule has 0 aliphatic rings. The van der Waals surface area contributed by atoms with Gasteiger partial charge in [-0.15, -0.1) is 0 Å². The number of para-hydroxylation sites is 2. The van der Waals surface area contributed by atoms with Crippen LogP contribution in [0.25, 0.3) is 87.8 Å². The van der Waals surface area contributed by atoms with Gasteiger partial charge in [-0.05, 0) is 72.4 Å². The smallest absolute Gasteiger partial charge is 0.0979 e. The van der Waals surface area contributed by atoms with E-state index in [2.05, 4.69) is 140 Å². The summed E-state index contributed by atoms with van der Waals surface area (Å²) in [6.07, 6.45) is 0. The molecule has 0 aliphatic heterocycles. The minimum absolute atomic E-state index is 0.886. The number of fused-ring (bicyclic) bond motifs is 8. The fourth-order valence-electron chi connectivity index (χ4n) is 6.75. The Morgan fingerprint density at radius 3 is 1.77 bits per heavy atom. The van der Waals surface area contributed by atoms with Gasteiger partial charge in [0.25, 0.3) is 0 Å². The quantitative estimate of drug-likeness (QED) is 0.202. The van der Waals surface area contributed by atoms with E-state index in [1.807, 2.05) is 18.2 Å². The number of rotatable bonds is 3. The molecule has 2 heteroatoms. The van der Waals surface area contributed by atoms with Gasteiger partial charge in [0.1, 0.15) is 0 Å². The van der Waals surface area contributed by atoms with E-state index in [1.54, 1.807) is 0 Å². The summed E-state index contributed by atoms with van der Waals surface area (Å²) in [5.41, 5.74) is 8.03. The SMILES string of the molecule is c1ccc(-c2cccc(-c3nc4ccccc4nc3-c3cccc4ccc5ccc6c7ccccc7ccc6c5c34)c2)cc1. The summed E-state index contributed by atoms with van der Waals surface area (Å²) in [5, 5.41) is 9.89. The zero-order valence-electron chi connectivity index (χ0n) is 23.9. The van der Waals surface area contributed by atoms with Crippen molar-refractivity contribution in [2.75, 3.05) is 0 Å². The summed E-state index contributed by atoms with van der Waals surface area (Å²) in [6, 6.07) is 56.1. The van der Waals surface area contributed by atoms with Crippen molar-refractivity contribution in [2.45, 2.75) is 0 Å². The van der Waals surface area contributed by atoms with Crippen LogP contribution in [0.1, 0.15) is 0 Å². The molecule has 0 aliphatic carbocycles. The Morgan fingerprint density at radius 1 is 0.318 bits per heavy atom. The van der Waals surface area contributed by atoms with E-state index in [-0.39, 0.29) is 0 Å². The van der Waals surface area contributed by atoms with Crippen molar-refractivity contribution in [3.05, 3.63) is 158 Å². The van der Waals surface area contributed by atoms with E-state index >= 15 is 0 Å². The normalized spacial score (nSPS) is 11.6. The third-order valence-electron chi connectivity index (χ3n) is 8.82. The van der Waals surface area contributed by atoms with Crippen LogP contribution in [0.3, 0.4) is 0 Å². The summed E-state index contributed by atoms with van der Waals surface area (Å²) < 4.78 is 0. The molecule has 0 radical (unpaired) electrons. The maximum Gasteiger partial charge on any atom is 0.0979 e. The van der Waals surface area contributed by atoms with E-state index in [0.29, 0.717) is 0 Å². The Balaban J connectivity index is 1.39. The Hall–Kier alpha value is -5.86. The van der Waals surface area contributed by atoms with Crippen LogP contribution in [0.15, 0.2) is 158 Å². The van der Waals surface area contributed by atoms with Gasteiger partial charge in [0, 0.05) is 11.1 Å². The first-order valence-electron chi connectivity index (χ1n) is 15.0. The minimum atomic E-state index is 0.886. The van der Waals surface area contributed by atoms with Crippen LogP contribution in [0.2, 0.25) is 0 Å². The van der Waals surface area contributed by atoms with E-state index in [9.17, 15) is 0 Å². The lowest BCUT2D eigenvalue weighted by Gasteiger charge is -2.16. The fourth-order valence-corrected chi connectivity index (χ4v) is 6.75. The van der Waals surface area contributed by atoms with Crippen LogP contribution in [0, 0.1) is 0 Å². The van der Waals surface area contributed by atoms with Gasteiger partial charge in [0.05, 0.1) is 22.4 Å². The van der Waals surface area contributed by atoms with Crippen LogP contribution in [-0.4, -0.2) is 9.97 Å². The number of aromatic nitrogens is 2. The molecule has 0 saturated heterocycles. The molecule has 204 valence electrons. The maximum absolute atomic E-state index is 5.35. The first-order valence-corrected chi connectivity index (χ1v) is 15.0. The summed E-state index contributed by atoms with van der Waals surface area (Å²) >= 11 is 0. The predicted molar refractivity (Wildman–Crippen MR) is 186 cm³/mol. The lowest BCUT2D eigenvalue weighted by atomic mass is 9.90. The molecule has 2 nitrogen and oxygen atoms in total. The Morgan fingerprint density at radius 2 is 0.909 bits per heavy atom. The van der Waals surface area contributed by atoms with Gasteiger partial charge in [-0.1, -0.05) is 140 Å². The maximum atomic E-state index is 5.35. The van der Waals surface area contributed by atoms with Crippen LogP contribution in [-0.2, 0) is 0 Å². The average molecular weight is 559 g/mol. The molecule has 0 atom stereocenters. The third-order valence-corrected chi connectivity index (χ3v) is 8.82. The van der Waals surface area contributed by atoms with E-state index < -0.39 is 0 Å². The standard InChI is InChI=1S/C42H26N2/c1-2-10-27(11-3-1)31-14-8-15-32(26-31)41-42(44-38-19-7-6-18-37(38)43-41)36-17-9-13-29-20-21-30-23-24-34-33-16-5-4-12-28(33)22-25-35(34)39(30)40(29)36/h1-26H.